The van der Waals surface area contributed by atoms with Crippen molar-refractivity contribution in [2.24, 2.45) is 0 Å². The van der Waals surface area contributed by atoms with Crippen LogP contribution in [0.4, 0.5) is 0 Å². The molecule has 0 bridgehead atoms. The number of sulfone groups is 1. The lowest BCUT2D eigenvalue weighted by Crippen LogP contribution is -2.49. The van der Waals surface area contributed by atoms with Gasteiger partial charge >= 0.3 is 0 Å². The Morgan fingerprint density at radius 1 is 1.53 bits per heavy atom. The summed E-state index contributed by atoms with van der Waals surface area (Å²) in [4.78, 5) is 6.72. The summed E-state index contributed by atoms with van der Waals surface area (Å²) < 4.78 is 49.0. The van der Waals surface area contributed by atoms with Crippen molar-refractivity contribution in [1.29, 1.82) is 0 Å². The van der Waals surface area contributed by atoms with Crippen molar-refractivity contribution in [3.05, 3.63) is 12.0 Å². The molecule has 1 aromatic heterocycles. The topological polar surface area (TPSA) is 100 Å². The molecule has 1 unspecified atom stereocenters. The first-order chi connectivity index (χ1) is 8.76. The van der Waals surface area contributed by atoms with Crippen molar-refractivity contribution in [1.82, 2.24) is 14.3 Å². The van der Waals surface area contributed by atoms with E-state index in [0.717, 1.165) is 0 Å². The number of aromatic nitrogens is 2. The van der Waals surface area contributed by atoms with Gasteiger partial charge in [0.15, 0.2) is 14.9 Å². The van der Waals surface area contributed by atoms with Gasteiger partial charge in [0.05, 0.1) is 17.7 Å². The average Bonchev–Trinajstić information content (AvgIpc) is 2.76. The van der Waals surface area contributed by atoms with Gasteiger partial charge in [-0.15, -0.1) is 0 Å². The van der Waals surface area contributed by atoms with Crippen molar-refractivity contribution in [2.45, 2.75) is 31.3 Å². The molecule has 1 N–H and O–H groups in total. The third kappa shape index (κ3) is 2.82. The Balaban J connectivity index is 2.30. The Morgan fingerprint density at radius 3 is 2.74 bits per heavy atom. The summed E-state index contributed by atoms with van der Waals surface area (Å²) in [5.41, 5.74) is 0. The number of rotatable bonds is 3. The molecular weight excluding hydrogens is 290 g/mol. The van der Waals surface area contributed by atoms with Crippen LogP contribution in [-0.4, -0.2) is 55.2 Å². The monoisotopic (exact) mass is 307 g/mol. The van der Waals surface area contributed by atoms with E-state index in [2.05, 4.69) is 9.97 Å². The Hall–Kier alpha value is -0.930. The Kier molecular flexibility index (Phi) is 3.72. The van der Waals surface area contributed by atoms with E-state index in [-0.39, 0.29) is 23.1 Å². The first kappa shape index (κ1) is 14.5. The van der Waals surface area contributed by atoms with Gasteiger partial charge in [0, 0.05) is 19.0 Å². The predicted molar refractivity (Wildman–Crippen MR) is 70.0 cm³/mol. The average molecular weight is 307 g/mol. The molecule has 1 aliphatic heterocycles. The van der Waals surface area contributed by atoms with Crippen LogP contribution in [0.25, 0.3) is 0 Å². The molecule has 1 saturated heterocycles. The maximum Gasteiger partial charge on any atom is 0.260 e. The predicted octanol–water partition coefficient (Wildman–Crippen LogP) is -0.220. The number of nitrogens with one attached hydrogen (secondary N) is 1. The van der Waals surface area contributed by atoms with Crippen LogP contribution in [-0.2, 0) is 26.3 Å². The van der Waals surface area contributed by atoms with Gasteiger partial charge < -0.3 is 4.98 Å². The second-order valence-electron chi connectivity index (χ2n) is 4.63. The molecule has 0 aliphatic carbocycles. The zero-order chi connectivity index (χ0) is 14.3. The molecule has 9 heteroatoms. The van der Waals surface area contributed by atoms with Gasteiger partial charge in [-0.2, -0.15) is 4.31 Å². The zero-order valence-corrected chi connectivity index (χ0v) is 12.5. The summed E-state index contributed by atoms with van der Waals surface area (Å²) in [5.74, 6) is 0.322. The first-order valence-corrected chi connectivity index (χ1v) is 9.28. The number of hydrogen-bond donors (Lipinski definition) is 1. The summed E-state index contributed by atoms with van der Waals surface area (Å²) in [5, 5.41) is 0.0236. The van der Waals surface area contributed by atoms with Gasteiger partial charge in [-0.3, -0.25) is 0 Å². The van der Waals surface area contributed by atoms with Crippen molar-refractivity contribution >= 4 is 19.9 Å². The lowest BCUT2D eigenvalue weighted by atomic mass is 10.4. The van der Waals surface area contributed by atoms with Crippen molar-refractivity contribution in [3.8, 4) is 0 Å². The number of hydrogen-bond acceptors (Lipinski definition) is 5. The lowest BCUT2D eigenvalue weighted by molar-refractivity contribution is 0.355. The van der Waals surface area contributed by atoms with Gasteiger partial charge in [-0.25, -0.2) is 21.8 Å². The fourth-order valence-electron chi connectivity index (χ4n) is 2.12. The van der Waals surface area contributed by atoms with E-state index in [1.165, 1.54) is 10.5 Å². The first-order valence-electron chi connectivity index (χ1n) is 6.02. The highest BCUT2D eigenvalue weighted by molar-refractivity contribution is 7.92. The fraction of sp³-hybridized carbons (Fsp3) is 0.700. The van der Waals surface area contributed by atoms with Crippen LogP contribution < -0.4 is 0 Å². The minimum absolute atomic E-state index is 0.00763. The molecule has 19 heavy (non-hydrogen) atoms. The molecular formula is C10H17N3O4S2. The van der Waals surface area contributed by atoms with E-state index in [0.29, 0.717) is 12.2 Å². The number of nitrogens with zero attached hydrogens (tertiary/aromatic N) is 2. The third-order valence-electron chi connectivity index (χ3n) is 3.14. The summed E-state index contributed by atoms with van der Waals surface area (Å²) >= 11 is 0. The molecule has 1 aromatic rings. The van der Waals surface area contributed by atoms with E-state index in [4.69, 9.17) is 0 Å². The molecule has 0 amide bonds. The third-order valence-corrected chi connectivity index (χ3v) is 6.85. The molecule has 108 valence electrons. The fourth-order valence-corrected chi connectivity index (χ4v) is 5.45. The molecule has 2 rings (SSSR count). The smallest absolute Gasteiger partial charge is 0.260 e. The quantitative estimate of drug-likeness (QED) is 0.832. The van der Waals surface area contributed by atoms with Gasteiger partial charge in [0.1, 0.15) is 5.82 Å². The van der Waals surface area contributed by atoms with E-state index < -0.39 is 25.9 Å². The molecule has 1 aliphatic rings. The van der Waals surface area contributed by atoms with Crippen LogP contribution in [0.1, 0.15) is 19.7 Å². The Morgan fingerprint density at radius 2 is 2.21 bits per heavy atom. The summed E-state index contributed by atoms with van der Waals surface area (Å²) in [7, 11) is -6.84. The Labute approximate surface area is 113 Å². The lowest BCUT2D eigenvalue weighted by Gasteiger charge is -2.31. The second-order valence-corrected chi connectivity index (χ2v) is 8.71. The van der Waals surface area contributed by atoms with Crippen LogP contribution in [0.5, 0.6) is 0 Å². The number of H-pyrrole nitrogens is 1. The van der Waals surface area contributed by atoms with E-state index in [1.54, 1.807) is 6.92 Å². The van der Waals surface area contributed by atoms with E-state index in [1.807, 2.05) is 6.92 Å². The molecule has 0 aromatic carbocycles. The van der Waals surface area contributed by atoms with Crippen LogP contribution in [0.15, 0.2) is 11.2 Å². The number of aryl methyl sites for hydroxylation is 1. The molecule has 2 heterocycles. The summed E-state index contributed by atoms with van der Waals surface area (Å²) in [6.45, 7) is 3.46. The van der Waals surface area contributed by atoms with Gasteiger partial charge in [0.2, 0.25) is 0 Å². The highest BCUT2D eigenvalue weighted by Gasteiger charge is 2.37. The number of aromatic amines is 1. The summed E-state index contributed by atoms with van der Waals surface area (Å²) in [6.07, 6.45) is 1.89. The second kappa shape index (κ2) is 4.88. The maximum atomic E-state index is 12.4. The van der Waals surface area contributed by atoms with Crippen LogP contribution in [0, 0.1) is 0 Å². The van der Waals surface area contributed by atoms with Crippen molar-refractivity contribution < 1.29 is 16.8 Å². The van der Waals surface area contributed by atoms with Crippen LogP contribution in [0.2, 0.25) is 0 Å². The largest absolute Gasteiger partial charge is 0.332 e. The minimum atomic E-state index is -3.70. The van der Waals surface area contributed by atoms with Crippen molar-refractivity contribution in [3.63, 3.8) is 0 Å². The van der Waals surface area contributed by atoms with Crippen LogP contribution >= 0.6 is 0 Å². The standard InChI is InChI=1S/C10H17N3O4S2/c1-3-9-11-6-10(12-9)19(16,17)13-4-5-18(14,15)7-8(13)2/h6,8H,3-5,7H2,1-2H3,(H,11,12). The Bertz CT molecular complexity index is 663. The van der Waals surface area contributed by atoms with Gasteiger partial charge in [-0.05, 0) is 6.92 Å². The maximum absolute atomic E-state index is 12.4. The molecule has 7 nitrogen and oxygen atoms in total. The molecule has 1 atom stereocenters. The van der Waals surface area contributed by atoms with Gasteiger partial charge in [-0.1, -0.05) is 6.92 Å². The van der Waals surface area contributed by atoms with Crippen molar-refractivity contribution in [2.75, 3.05) is 18.1 Å². The SMILES string of the molecule is CCc1ncc(S(=O)(=O)N2CCS(=O)(=O)CC2C)[nH]1. The molecule has 1 fully saturated rings. The van der Waals surface area contributed by atoms with Crippen LogP contribution in [0.3, 0.4) is 0 Å². The van der Waals surface area contributed by atoms with Gasteiger partial charge in [0.25, 0.3) is 10.0 Å². The molecule has 0 spiro atoms. The number of imidazole rings is 1. The normalized spacial score (nSPS) is 24.4. The van der Waals surface area contributed by atoms with E-state index >= 15 is 0 Å². The molecule has 0 radical (unpaired) electrons. The number of sulfonamides is 1. The summed E-state index contributed by atoms with van der Waals surface area (Å²) in [6, 6.07) is -0.558. The van der Waals surface area contributed by atoms with E-state index in [9.17, 15) is 16.8 Å². The highest BCUT2D eigenvalue weighted by Crippen LogP contribution is 2.21. The highest BCUT2D eigenvalue weighted by atomic mass is 32.2. The molecule has 0 saturated carbocycles. The zero-order valence-electron chi connectivity index (χ0n) is 10.8. The minimum Gasteiger partial charge on any atom is -0.332 e.